The molecule has 0 aliphatic heterocycles. The van der Waals surface area contributed by atoms with E-state index in [1.807, 2.05) is 24.3 Å². The van der Waals surface area contributed by atoms with Gasteiger partial charge in [-0.05, 0) is 36.4 Å². The Bertz CT molecular complexity index is 1010. The molecule has 0 unspecified atom stereocenters. The lowest BCUT2D eigenvalue weighted by molar-refractivity contribution is 0.0600. The summed E-state index contributed by atoms with van der Waals surface area (Å²) < 4.78 is 9.95. The van der Waals surface area contributed by atoms with Crippen LogP contribution in [0.15, 0.2) is 60.8 Å². The van der Waals surface area contributed by atoms with E-state index in [9.17, 15) is 9.59 Å². The van der Waals surface area contributed by atoms with Crippen molar-refractivity contribution in [2.24, 2.45) is 0 Å². The number of para-hydroxylation sites is 1. The average Bonchev–Trinajstić information content (AvgIpc) is 2.77. The van der Waals surface area contributed by atoms with Gasteiger partial charge in [-0.25, -0.2) is 14.8 Å². The molecular formula is C21H20N4O4. The lowest BCUT2D eigenvalue weighted by atomic mass is 10.2. The van der Waals surface area contributed by atoms with Gasteiger partial charge in [0.2, 0.25) is 5.95 Å². The van der Waals surface area contributed by atoms with Crippen LogP contribution in [0, 0.1) is 0 Å². The predicted octanol–water partition coefficient (Wildman–Crippen LogP) is 2.95. The highest BCUT2D eigenvalue weighted by molar-refractivity contribution is 5.92. The van der Waals surface area contributed by atoms with E-state index in [1.54, 1.807) is 31.4 Å². The first-order valence-corrected chi connectivity index (χ1v) is 8.79. The fraction of sp³-hybridized carbons (Fsp3) is 0.143. The van der Waals surface area contributed by atoms with Crippen molar-refractivity contribution in [3.8, 4) is 5.75 Å². The van der Waals surface area contributed by atoms with Crippen LogP contribution in [0.25, 0.3) is 0 Å². The fourth-order valence-corrected chi connectivity index (χ4v) is 2.60. The number of amides is 1. The summed E-state index contributed by atoms with van der Waals surface area (Å²) in [6.45, 7) is 0.310. The Morgan fingerprint density at radius 2 is 1.76 bits per heavy atom. The second kappa shape index (κ2) is 9.32. The molecule has 0 radical (unpaired) electrons. The number of ether oxygens (including phenoxy) is 2. The van der Waals surface area contributed by atoms with Crippen LogP contribution >= 0.6 is 0 Å². The quantitative estimate of drug-likeness (QED) is 0.596. The third kappa shape index (κ3) is 5.07. The number of hydrogen-bond acceptors (Lipinski definition) is 7. The summed E-state index contributed by atoms with van der Waals surface area (Å²) >= 11 is 0. The van der Waals surface area contributed by atoms with Crippen molar-refractivity contribution in [1.29, 1.82) is 0 Å². The van der Waals surface area contributed by atoms with Crippen molar-refractivity contribution in [2.75, 3.05) is 19.5 Å². The number of aromatic nitrogens is 2. The summed E-state index contributed by atoms with van der Waals surface area (Å²) in [5.41, 5.74) is 2.19. The second-order valence-corrected chi connectivity index (χ2v) is 5.95. The molecule has 0 aliphatic carbocycles. The first kappa shape index (κ1) is 19.8. The lowest BCUT2D eigenvalue weighted by Crippen LogP contribution is -2.24. The summed E-state index contributed by atoms with van der Waals surface area (Å²) in [6.07, 6.45) is 1.50. The Labute approximate surface area is 167 Å². The number of esters is 1. The van der Waals surface area contributed by atoms with Crippen molar-refractivity contribution in [3.63, 3.8) is 0 Å². The molecule has 0 atom stereocenters. The molecule has 0 saturated carbocycles. The Morgan fingerprint density at radius 3 is 2.48 bits per heavy atom. The number of anilines is 2. The maximum Gasteiger partial charge on any atom is 0.337 e. The normalized spacial score (nSPS) is 10.1. The molecule has 8 heteroatoms. The molecule has 2 N–H and O–H groups in total. The smallest absolute Gasteiger partial charge is 0.337 e. The first-order chi connectivity index (χ1) is 14.1. The topological polar surface area (TPSA) is 102 Å². The highest BCUT2D eigenvalue weighted by atomic mass is 16.5. The molecular weight excluding hydrogens is 372 g/mol. The average molecular weight is 392 g/mol. The predicted molar refractivity (Wildman–Crippen MR) is 107 cm³/mol. The van der Waals surface area contributed by atoms with Crippen molar-refractivity contribution in [1.82, 2.24) is 15.3 Å². The maximum atomic E-state index is 12.5. The monoisotopic (exact) mass is 392 g/mol. The van der Waals surface area contributed by atoms with Crippen molar-refractivity contribution >= 4 is 23.5 Å². The minimum Gasteiger partial charge on any atom is -0.496 e. The molecule has 0 saturated heterocycles. The number of hydrogen-bond donors (Lipinski definition) is 2. The molecule has 3 aromatic rings. The van der Waals surface area contributed by atoms with Gasteiger partial charge in [0, 0.05) is 24.0 Å². The zero-order valence-corrected chi connectivity index (χ0v) is 16.0. The maximum absolute atomic E-state index is 12.5. The number of carbonyl (C=O) groups excluding carboxylic acids is 2. The fourth-order valence-electron chi connectivity index (χ4n) is 2.60. The minimum atomic E-state index is -0.415. The van der Waals surface area contributed by atoms with Crippen LogP contribution in [0.2, 0.25) is 0 Å². The standard InChI is InChI=1S/C21H20N4O4/c1-28-18-6-4-3-5-15(18)13-23-19(26)17-11-12-22-21(25-17)24-16-9-7-14(8-10-16)20(27)29-2/h3-12H,13H2,1-2H3,(H,23,26)(H,22,24,25). The van der Waals surface area contributed by atoms with Crippen LogP contribution in [0.5, 0.6) is 5.75 Å². The van der Waals surface area contributed by atoms with Gasteiger partial charge in [0.25, 0.3) is 5.91 Å². The van der Waals surface area contributed by atoms with Gasteiger partial charge in [0.15, 0.2) is 0 Å². The zero-order chi connectivity index (χ0) is 20.6. The molecule has 0 fully saturated rings. The highest BCUT2D eigenvalue weighted by Gasteiger charge is 2.11. The van der Waals surface area contributed by atoms with Crippen LogP contribution in [-0.4, -0.2) is 36.1 Å². The molecule has 1 amide bonds. The number of benzene rings is 2. The zero-order valence-electron chi connectivity index (χ0n) is 16.0. The van der Waals surface area contributed by atoms with Gasteiger partial charge in [-0.2, -0.15) is 0 Å². The summed E-state index contributed by atoms with van der Waals surface area (Å²) in [5, 5.41) is 5.82. The van der Waals surface area contributed by atoms with Crippen LogP contribution in [0.3, 0.4) is 0 Å². The van der Waals surface area contributed by atoms with Crippen molar-refractivity contribution in [3.05, 3.63) is 77.6 Å². The largest absolute Gasteiger partial charge is 0.496 e. The number of carbonyl (C=O) groups is 2. The van der Waals surface area contributed by atoms with E-state index < -0.39 is 5.97 Å². The van der Waals surface area contributed by atoms with Crippen LogP contribution in [0.1, 0.15) is 26.4 Å². The molecule has 0 aliphatic rings. The molecule has 29 heavy (non-hydrogen) atoms. The van der Waals surface area contributed by atoms with Crippen molar-refractivity contribution in [2.45, 2.75) is 6.54 Å². The van der Waals surface area contributed by atoms with Gasteiger partial charge in [-0.3, -0.25) is 4.79 Å². The van der Waals surface area contributed by atoms with E-state index in [0.717, 1.165) is 5.56 Å². The number of nitrogens with zero attached hydrogens (tertiary/aromatic N) is 2. The van der Waals surface area contributed by atoms with Gasteiger partial charge in [-0.15, -0.1) is 0 Å². The lowest BCUT2D eigenvalue weighted by Gasteiger charge is -2.10. The number of nitrogens with one attached hydrogen (secondary N) is 2. The van der Waals surface area contributed by atoms with Gasteiger partial charge < -0.3 is 20.1 Å². The van der Waals surface area contributed by atoms with Gasteiger partial charge >= 0.3 is 5.97 Å². The molecule has 8 nitrogen and oxygen atoms in total. The molecule has 148 valence electrons. The van der Waals surface area contributed by atoms with E-state index in [4.69, 9.17) is 4.74 Å². The van der Waals surface area contributed by atoms with E-state index in [1.165, 1.54) is 19.4 Å². The van der Waals surface area contributed by atoms with E-state index in [2.05, 4.69) is 25.3 Å². The van der Waals surface area contributed by atoms with Gasteiger partial charge in [0.05, 0.1) is 19.8 Å². The summed E-state index contributed by atoms with van der Waals surface area (Å²) in [4.78, 5) is 32.3. The molecule has 2 aromatic carbocycles. The summed E-state index contributed by atoms with van der Waals surface area (Å²) in [7, 11) is 2.91. The van der Waals surface area contributed by atoms with E-state index >= 15 is 0 Å². The van der Waals surface area contributed by atoms with Gasteiger partial charge in [-0.1, -0.05) is 18.2 Å². The summed E-state index contributed by atoms with van der Waals surface area (Å²) in [5.74, 6) is 0.220. The minimum absolute atomic E-state index is 0.226. The molecule has 1 aromatic heterocycles. The van der Waals surface area contributed by atoms with E-state index in [-0.39, 0.29) is 17.5 Å². The molecule has 0 bridgehead atoms. The van der Waals surface area contributed by atoms with Crippen LogP contribution < -0.4 is 15.4 Å². The van der Waals surface area contributed by atoms with Crippen LogP contribution in [0.4, 0.5) is 11.6 Å². The third-order valence-electron chi connectivity index (χ3n) is 4.08. The Hall–Kier alpha value is -3.94. The molecule has 3 rings (SSSR count). The van der Waals surface area contributed by atoms with E-state index in [0.29, 0.717) is 23.5 Å². The number of methoxy groups -OCH3 is 2. The SMILES string of the molecule is COC(=O)c1ccc(Nc2nccc(C(=O)NCc3ccccc3OC)n2)cc1. The third-order valence-corrected chi connectivity index (χ3v) is 4.08. The molecule has 0 spiro atoms. The Kier molecular flexibility index (Phi) is 6.36. The first-order valence-electron chi connectivity index (χ1n) is 8.79. The van der Waals surface area contributed by atoms with Crippen LogP contribution in [-0.2, 0) is 11.3 Å². The van der Waals surface area contributed by atoms with Crippen molar-refractivity contribution < 1.29 is 19.1 Å². The Morgan fingerprint density at radius 1 is 1.00 bits per heavy atom. The summed E-state index contributed by atoms with van der Waals surface area (Å²) in [6, 6.07) is 15.6. The highest BCUT2D eigenvalue weighted by Crippen LogP contribution is 2.17. The van der Waals surface area contributed by atoms with Gasteiger partial charge in [0.1, 0.15) is 11.4 Å². The Balaban J connectivity index is 1.65. The molecule has 1 heterocycles. The number of rotatable bonds is 7. The second-order valence-electron chi connectivity index (χ2n) is 5.95.